The Balaban J connectivity index is 1.50. The van der Waals surface area contributed by atoms with Crippen LogP contribution in [0.5, 0.6) is 5.75 Å². The van der Waals surface area contributed by atoms with E-state index in [1.54, 1.807) is 30.8 Å². The first-order chi connectivity index (χ1) is 15.3. The number of thiophene rings is 1. The standard InChI is InChI=1S/C23H16N6OS/c1-30-14-9-13(11-24-12-14)16-4-5-18-22(27-16)23(29-28-18)19-10-15-17(26-19)6-7-25-21(15)20-3-2-8-31-20/h2-12,26H,1H3,(H,28,29). The third-order valence-electron chi connectivity index (χ3n) is 5.21. The first-order valence-electron chi connectivity index (χ1n) is 9.66. The number of rotatable bonds is 4. The summed E-state index contributed by atoms with van der Waals surface area (Å²) in [4.78, 5) is 18.3. The van der Waals surface area contributed by atoms with Crippen molar-refractivity contribution in [2.24, 2.45) is 0 Å². The molecule has 0 amide bonds. The van der Waals surface area contributed by atoms with Gasteiger partial charge in [-0.1, -0.05) is 6.07 Å². The van der Waals surface area contributed by atoms with Gasteiger partial charge >= 0.3 is 0 Å². The minimum atomic E-state index is 0.691. The highest BCUT2D eigenvalue weighted by molar-refractivity contribution is 7.13. The summed E-state index contributed by atoms with van der Waals surface area (Å²) in [6, 6.07) is 14.0. The molecule has 0 spiro atoms. The average molecular weight is 424 g/mol. The van der Waals surface area contributed by atoms with Crippen LogP contribution in [0.3, 0.4) is 0 Å². The maximum Gasteiger partial charge on any atom is 0.137 e. The number of nitrogens with one attached hydrogen (secondary N) is 2. The topological polar surface area (TPSA) is 92.4 Å². The molecule has 2 N–H and O–H groups in total. The third kappa shape index (κ3) is 2.96. The van der Waals surface area contributed by atoms with Crippen LogP contribution in [-0.4, -0.2) is 37.2 Å². The van der Waals surface area contributed by atoms with E-state index in [1.807, 2.05) is 36.5 Å². The molecular weight excluding hydrogens is 408 g/mol. The van der Waals surface area contributed by atoms with Crippen LogP contribution in [-0.2, 0) is 0 Å². The van der Waals surface area contributed by atoms with E-state index in [0.717, 1.165) is 55.2 Å². The summed E-state index contributed by atoms with van der Waals surface area (Å²) in [5.41, 5.74) is 6.97. The van der Waals surface area contributed by atoms with Crippen LogP contribution < -0.4 is 4.74 Å². The molecule has 0 unspecified atom stereocenters. The number of aromatic amines is 2. The molecule has 0 aromatic carbocycles. The lowest BCUT2D eigenvalue weighted by molar-refractivity contribution is 0.413. The van der Waals surface area contributed by atoms with Crippen LogP contribution in [0.1, 0.15) is 0 Å². The van der Waals surface area contributed by atoms with Crippen molar-refractivity contribution in [2.45, 2.75) is 0 Å². The molecule has 6 aromatic rings. The number of hydrogen-bond donors (Lipinski definition) is 2. The number of nitrogens with zero attached hydrogens (tertiary/aromatic N) is 4. The maximum atomic E-state index is 5.30. The van der Waals surface area contributed by atoms with E-state index in [-0.39, 0.29) is 0 Å². The van der Waals surface area contributed by atoms with E-state index in [1.165, 1.54) is 0 Å². The zero-order valence-corrected chi connectivity index (χ0v) is 17.3. The molecule has 0 bridgehead atoms. The number of hydrogen-bond acceptors (Lipinski definition) is 6. The molecular formula is C23H16N6OS. The first kappa shape index (κ1) is 17.8. The number of H-pyrrole nitrogens is 2. The van der Waals surface area contributed by atoms with E-state index in [2.05, 4.69) is 42.7 Å². The zero-order chi connectivity index (χ0) is 20.8. The number of methoxy groups -OCH3 is 1. The van der Waals surface area contributed by atoms with E-state index in [4.69, 9.17) is 9.72 Å². The average Bonchev–Trinajstić information content (AvgIpc) is 3.57. The van der Waals surface area contributed by atoms with Gasteiger partial charge in [0.1, 0.15) is 17.0 Å². The second kappa shape index (κ2) is 7.03. The van der Waals surface area contributed by atoms with Crippen molar-refractivity contribution in [3.8, 4) is 39.0 Å². The molecule has 7 nitrogen and oxygen atoms in total. The van der Waals surface area contributed by atoms with Crippen molar-refractivity contribution in [3.63, 3.8) is 0 Å². The Kier molecular flexibility index (Phi) is 4.03. The van der Waals surface area contributed by atoms with Gasteiger partial charge in [-0.15, -0.1) is 11.3 Å². The van der Waals surface area contributed by atoms with Crippen LogP contribution in [0.4, 0.5) is 0 Å². The fraction of sp³-hybridized carbons (Fsp3) is 0.0435. The van der Waals surface area contributed by atoms with E-state index < -0.39 is 0 Å². The summed E-state index contributed by atoms with van der Waals surface area (Å²) in [7, 11) is 1.63. The summed E-state index contributed by atoms with van der Waals surface area (Å²) >= 11 is 1.68. The lowest BCUT2D eigenvalue weighted by Gasteiger charge is -2.04. The summed E-state index contributed by atoms with van der Waals surface area (Å²) in [6.45, 7) is 0. The second-order valence-electron chi connectivity index (χ2n) is 7.06. The van der Waals surface area contributed by atoms with Gasteiger partial charge in [0.05, 0.1) is 40.8 Å². The van der Waals surface area contributed by atoms with E-state index in [9.17, 15) is 0 Å². The van der Waals surface area contributed by atoms with Gasteiger partial charge in [-0.05, 0) is 41.8 Å². The summed E-state index contributed by atoms with van der Waals surface area (Å²) in [6.07, 6.45) is 5.28. The molecule has 0 fully saturated rings. The van der Waals surface area contributed by atoms with Gasteiger partial charge in [-0.25, -0.2) is 4.98 Å². The summed E-state index contributed by atoms with van der Waals surface area (Å²) < 4.78 is 5.30. The molecule has 6 aromatic heterocycles. The molecule has 6 heterocycles. The van der Waals surface area contributed by atoms with Crippen molar-refractivity contribution in [2.75, 3.05) is 7.11 Å². The highest BCUT2D eigenvalue weighted by atomic mass is 32.1. The fourth-order valence-electron chi connectivity index (χ4n) is 3.71. The maximum absolute atomic E-state index is 5.30. The number of fused-ring (bicyclic) bond motifs is 2. The van der Waals surface area contributed by atoms with Crippen molar-refractivity contribution < 1.29 is 4.74 Å². The molecule has 0 aliphatic rings. The van der Waals surface area contributed by atoms with Crippen LogP contribution in [0.15, 0.2) is 66.4 Å². The molecule has 0 saturated heterocycles. The first-order valence-corrected chi connectivity index (χ1v) is 10.5. The number of aromatic nitrogens is 6. The van der Waals surface area contributed by atoms with Crippen molar-refractivity contribution >= 4 is 33.3 Å². The molecule has 0 radical (unpaired) electrons. The van der Waals surface area contributed by atoms with Crippen LogP contribution in [0, 0.1) is 0 Å². The minimum absolute atomic E-state index is 0.691. The lowest BCUT2D eigenvalue weighted by atomic mass is 10.1. The SMILES string of the molecule is COc1cncc(-c2ccc3[nH]nc(-c4cc5c(-c6cccs6)nccc5[nH]4)c3n2)c1. The summed E-state index contributed by atoms with van der Waals surface area (Å²) in [5.74, 6) is 0.691. The smallest absolute Gasteiger partial charge is 0.137 e. The van der Waals surface area contributed by atoms with Crippen molar-refractivity contribution in [3.05, 3.63) is 66.4 Å². The second-order valence-corrected chi connectivity index (χ2v) is 8.01. The zero-order valence-electron chi connectivity index (χ0n) is 16.5. The molecule has 8 heteroatoms. The van der Waals surface area contributed by atoms with E-state index in [0.29, 0.717) is 5.75 Å². The normalized spacial score (nSPS) is 11.4. The molecule has 0 aliphatic carbocycles. The predicted octanol–water partition coefficient (Wildman–Crippen LogP) is 5.30. The Morgan fingerprint density at radius 1 is 1.00 bits per heavy atom. The van der Waals surface area contributed by atoms with Gasteiger partial charge in [0.2, 0.25) is 0 Å². The van der Waals surface area contributed by atoms with E-state index >= 15 is 0 Å². The third-order valence-corrected chi connectivity index (χ3v) is 6.09. The largest absolute Gasteiger partial charge is 0.495 e. The Bertz CT molecular complexity index is 1530. The molecule has 150 valence electrons. The van der Waals surface area contributed by atoms with Gasteiger partial charge in [0, 0.05) is 28.9 Å². The van der Waals surface area contributed by atoms with Crippen LogP contribution in [0.25, 0.3) is 55.2 Å². The predicted molar refractivity (Wildman–Crippen MR) is 122 cm³/mol. The van der Waals surface area contributed by atoms with Crippen molar-refractivity contribution in [1.82, 2.24) is 30.1 Å². The number of pyridine rings is 3. The molecule has 6 rings (SSSR count). The Morgan fingerprint density at radius 3 is 2.84 bits per heavy atom. The van der Waals surface area contributed by atoms with Gasteiger partial charge in [0.25, 0.3) is 0 Å². The fourth-order valence-corrected chi connectivity index (χ4v) is 4.44. The molecule has 0 atom stereocenters. The lowest BCUT2D eigenvalue weighted by Crippen LogP contribution is -1.89. The van der Waals surface area contributed by atoms with Crippen LogP contribution in [0.2, 0.25) is 0 Å². The number of ether oxygens (including phenoxy) is 1. The molecule has 0 saturated carbocycles. The quantitative estimate of drug-likeness (QED) is 0.401. The highest BCUT2D eigenvalue weighted by Gasteiger charge is 2.16. The van der Waals surface area contributed by atoms with Gasteiger partial charge in [-0.3, -0.25) is 15.1 Å². The Labute approximate surface area is 180 Å². The molecule has 0 aliphatic heterocycles. The Morgan fingerprint density at radius 2 is 1.97 bits per heavy atom. The monoisotopic (exact) mass is 424 g/mol. The Hall–Kier alpha value is -4.04. The highest BCUT2D eigenvalue weighted by Crippen LogP contribution is 2.34. The van der Waals surface area contributed by atoms with Crippen LogP contribution >= 0.6 is 11.3 Å². The van der Waals surface area contributed by atoms with Gasteiger partial charge < -0.3 is 9.72 Å². The van der Waals surface area contributed by atoms with Gasteiger partial charge in [0.15, 0.2) is 0 Å². The minimum Gasteiger partial charge on any atom is -0.495 e. The molecule has 31 heavy (non-hydrogen) atoms. The van der Waals surface area contributed by atoms with Gasteiger partial charge in [-0.2, -0.15) is 5.10 Å². The summed E-state index contributed by atoms with van der Waals surface area (Å²) in [5, 5.41) is 10.8. The van der Waals surface area contributed by atoms with Crippen molar-refractivity contribution in [1.29, 1.82) is 0 Å².